The molecule has 0 unspecified atom stereocenters. The van der Waals surface area contributed by atoms with Gasteiger partial charge >= 0.3 is 0 Å². The maximum atomic E-state index is 12.2. The van der Waals surface area contributed by atoms with Crippen LogP contribution in [0.15, 0.2) is 66.0 Å². The minimum absolute atomic E-state index is 0.0927. The van der Waals surface area contributed by atoms with E-state index in [1.807, 2.05) is 30.3 Å². The standard InChI is InChI=1S/C14H13NO2/c1-2-9-15(13-6-4-3-5-7-13)14(16)12-8-10-17-11-12/h2-8,10-11H,1,9H2. The fourth-order valence-corrected chi connectivity index (χ4v) is 1.58. The first-order valence-electron chi connectivity index (χ1n) is 5.33. The van der Waals surface area contributed by atoms with Crippen molar-refractivity contribution in [1.29, 1.82) is 0 Å². The third kappa shape index (κ3) is 2.45. The zero-order valence-corrected chi connectivity index (χ0v) is 9.37. The van der Waals surface area contributed by atoms with E-state index in [4.69, 9.17) is 4.42 Å². The number of rotatable bonds is 4. The van der Waals surface area contributed by atoms with Gasteiger partial charge < -0.3 is 9.32 Å². The molecule has 86 valence electrons. The number of hydrogen-bond donors (Lipinski definition) is 0. The predicted molar refractivity (Wildman–Crippen MR) is 67.0 cm³/mol. The minimum atomic E-state index is -0.0927. The highest BCUT2D eigenvalue weighted by molar-refractivity contribution is 6.05. The van der Waals surface area contributed by atoms with Crippen LogP contribution >= 0.6 is 0 Å². The molecule has 1 heterocycles. The molecular formula is C14H13NO2. The van der Waals surface area contributed by atoms with Crippen LogP contribution in [0, 0.1) is 0 Å². The molecule has 1 amide bonds. The Kier molecular flexibility index (Phi) is 3.40. The molecule has 0 atom stereocenters. The summed E-state index contributed by atoms with van der Waals surface area (Å²) in [6.07, 6.45) is 4.64. The number of furan rings is 1. The maximum Gasteiger partial charge on any atom is 0.261 e. The van der Waals surface area contributed by atoms with Crippen LogP contribution in [0.25, 0.3) is 0 Å². The van der Waals surface area contributed by atoms with Crippen molar-refractivity contribution in [3.8, 4) is 0 Å². The minimum Gasteiger partial charge on any atom is -0.472 e. The van der Waals surface area contributed by atoms with E-state index in [0.29, 0.717) is 12.1 Å². The number of nitrogens with zero attached hydrogens (tertiary/aromatic N) is 1. The van der Waals surface area contributed by atoms with Crippen LogP contribution in [-0.2, 0) is 0 Å². The first-order chi connectivity index (χ1) is 8.33. The second kappa shape index (κ2) is 5.16. The number of amides is 1. The first kappa shape index (κ1) is 11.2. The van der Waals surface area contributed by atoms with Crippen LogP contribution in [0.3, 0.4) is 0 Å². The molecule has 0 aliphatic heterocycles. The predicted octanol–water partition coefficient (Wildman–Crippen LogP) is 3.11. The zero-order chi connectivity index (χ0) is 12.1. The van der Waals surface area contributed by atoms with Gasteiger partial charge in [0.25, 0.3) is 5.91 Å². The second-order valence-corrected chi connectivity index (χ2v) is 3.55. The van der Waals surface area contributed by atoms with Gasteiger partial charge in [-0.25, -0.2) is 0 Å². The molecule has 0 fully saturated rings. The van der Waals surface area contributed by atoms with Crippen molar-refractivity contribution >= 4 is 11.6 Å². The topological polar surface area (TPSA) is 33.5 Å². The van der Waals surface area contributed by atoms with Gasteiger partial charge in [0.05, 0.1) is 11.8 Å². The summed E-state index contributed by atoms with van der Waals surface area (Å²) in [5.74, 6) is -0.0927. The van der Waals surface area contributed by atoms with Gasteiger partial charge in [-0.2, -0.15) is 0 Å². The van der Waals surface area contributed by atoms with E-state index in [1.54, 1.807) is 17.0 Å². The molecule has 3 heteroatoms. The number of benzene rings is 1. The van der Waals surface area contributed by atoms with Crippen molar-refractivity contribution in [2.45, 2.75) is 0 Å². The van der Waals surface area contributed by atoms with Crippen molar-refractivity contribution in [2.75, 3.05) is 11.4 Å². The molecule has 0 bridgehead atoms. The third-order valence-electron chi connectivity index (χ3n) is 2.39. The zero-order valence-electron chi connectivity index (χ0n) is 9.37. The molecule has 0 saturated heterocycles. The molecule has 0 aliphatic rings. The summed E-state index contributed by atoms with van der Waals surface area (Å²) >= 11 is 0. The quantitative estimate of drug-likeness (QED) is 0.752. The van der Waals surface area contributed by atoms with Gasteiger partial charge in [-0.05, 0) is 18.2 Å². The molecule has 2 rings (SSSR count). The lowest BCUT2D eigenvalue weighted by atomic mass is 10.2. The van der Waals surface area contributed by atoms with E-state index in [0.717, 1.165) is 5.69 Å². The highest BCUT2D eigenvalue weighted by atomic mass is 16.3. The van der Waals surface area contributed by atoms with E-state index in [2.05, 4.69) is 6.58 Å². The van der Waals surface area contributed by atoms with Gasteiger partial charge in [0, 0.05) is 12.2 Å². The Labute approximate surface area is 100.0 Å². The Balaban J connectivity index is 2.30. The van der Waals surface area contributed by atoms with Gasteiger partial charge in [-0.3, -0.25) is 4.79 Å². The van der Waals surface area contributed by atoms with Crippen LogP contribution in [0.4, 0.5) is 5.69 Å². The van der Waals surface area contributed by atoms with Crippen molar-refractivity contribution < 1.29 is 9.21 Å². The average molecular weight is 227 g/mol. The molecule has 0 aliphatic carbocycles. The van der Waals surface area contributed by atoms with Crippen molar-refractivity contribution in [3.63, 3.8) is 0 Å². The molecule has 0 radical (unpaired) electrons. The lowest BCUT2D eigenvalue weighted by molar-refractivity contribution is 0.0989. The van der Waals surface area contributed by atoms with E-state index in [-0.39, 0.29) is 5.91 Å². The van der Waals surface area contributed by atoms with Crippen molar-refractivity contribution in [2.24, 2.45) is 0 Å². The summed E-state index contributed by atoms with van der Waals surface area (Å²) in [5.41, 5.74) is 1.38. The summed E-state index contributed by atoms with van der Waals surface area (Å²) in [6, 6.07) is 11.1. The molecule has 1 aromatic carbocycles. The van der Waals surface area contributed by atoms with Crippen LogP contribution in [0.5, 0.6) is 0 Å². The third-order valence-corrected chi connectivity index (χ3v) is 2.39. The maximum absolute atomic E-state index is 12.2. The van der Waals surface area contributed by atoms with Crippen molar-refractivity contribution in [3.05, 3.63) is 67.1 Å². The highest BCUT2D eigenvalue weighted by Crippen LogP contribution is 2.16. The van der Waals surface area contributed by atoms with Gasteiger partial charge in [-0.1, -0.05) is 24.3 Å². The lowest BCUT2D eigenvalue weighted by Gasteiger charge is -2.20. The van der Waals surface area contributed by atoms with Crippen LogP contribution in [0.2, 0.25) is 0 Å². The Hall–Kier alpha value is -2.29. The summed E-state index contributed by atoms with van der Waals surface area (Å²) in [5, 5.41) is 0. The normalized spacial score (nSPS) is 9.88. The van der Waals surface area contributed by atoms with Gasteiger partial charge in [0.15, 0.2) is 0 Å². The molecular weight excluding hydrogens is 214 g/mol. The SMILES string of the molecule is C=CCN(C(=O)c1ccoc1)c1ccccc1. The summed E-state index contributed by atoms with van der Waals surface area (Å²) in [4.78, 5) is 13.9. The Morgan fingerprint density at radius 3 is 2.65 bits per heavy atom. The number of para-hydroxylation sites is 1. The summed E-state index contributed by atoms with van der Waals surface area (Å²) in [7, 11) is 0. The van der Waals surface area contributed by atoms with Gasteiger partial charge in [-0.15, -0.1) is 6.58 Å². The van der Waals surface area contributed by atoms with E-state index in [1.165, 1.54) is 12.5 Å². The first-order valence-corrected chi connectivity index (χ1v) is 5.33. The second-order valence-electron chi connectivity index (χ2n) is 3.55. The van der Waals surface area contributed by atoms with Crippen LogP contribution in [0.1, 0.15) is 10.4 Å². The number of anilines is 1. The smallest absolute Gasteiger partial charge is 0.261 e. The number of hydrogen-bond acceptors (Lipinski definition) is 2. The van der Waals surface area contributed by atoms with E-state index in [9.17, 15) is 4.79 Å². The Bertz CT molecular complexity index is 488. The number of carbonyl (C=O) groups is 1. The molecule has 1 aromatic heterocycles. The fourth-order valence-electron chi connectivity index (χ4n) is 1.58. The summed E-state index contributed by atoms with van der Waals surface area (Å²) < 4.78 is 4.93. The Morgan fingerprint density at radius 1 is 1.29 bits per heavy atom. The van der Waals surface area contributed by atoms with E-state index < -0.39 is 0 Å². The fraction of sp³-hybridized carbons (Fsp3) is 0.0714. The largest absolute Gasteiger partial charge is 0.472 e. The molecule has 17 heavy (non-hydrogen) atoms. The van der Waals surface area contributed by atoms with E-state index >= 15 is 0 Å². The van der Waals surface area contributed by atoms with Gasteiger partial charge in [0.1, 0.15) is 6.26 Å². The Morgan fingerprint density at radius 2 is 2.06 bits per heavy atom. The monoisotopic (exact) mass is 227 g/mol. The molecule has 0 N–H and O–H groups in total. The summed E-state index contributed by atoms with van der Waals surface area (Å²) in [6.45, 7) is 4.14. The molecule has 0 spiro atoms. The lowest BCUT2D eigenvalue weighted by Crippen LogP contribution is -2.30. The molecule has 2 aromatic rings. The van der Waals surface area contributed by atoms with Crippen molar-refractivity contribution in [1.82, 2.24) is 0 Å². The average Bonchev–Trinajstić information content (AvgIpc) is 2.90. The highest BCUT2D eigenvalue weighted by Gasteiger charge is 2.16. The number of carbonyl (C=O) groups excluding carboxylic acids is 1. The van der Waals surface area contributed by atoms with Crippen LogP contribution < -0.4 is 4.90 Å². The van der Waals surface area contributed by atoms with Crippen LogP contribution in [-0.4, -0.2) is 12.5 Å². The molecule has 0 saturated carbocycles. The molecule has 3 nitrogen and oxygen atoms in total. The van der Waals surface area contributed by atoms with Gasteiger partial charge in [0.2, 0.25) is 0 Å².